The molecule has 0 heterocycles. The van der Waals surface area contributed by atoms with Gasteiger partial charge in [-0.1, -0.05) is 55.8 Å². The van der Waals surface area contributed by atoms with Gasteiger partial charge in [-0.25, -0.2) is 4.79 Å². The van der Waals surface area contributed by atoms with Crippen LogP contribution in [0.25, 0.3) is 6.08 Å². The molecule has 3 heteroatoms. The van der Waals surface area contributed by atoms with Gasteiger partial charge in [0.05, 0.1) is 5.56 Å². The lowest BCUT2D eigenvalue weighted by Gasteiger charge is -2.01. The molecule has 23 heavy (non-hydrogen) atoms. The molecule has 118 valence electrons. The SMILES string of the molecule is CCCCc1ccc(C(=O)/C=C/c2ccc(C(=O)O)cc2)cc1. The summed E-state index contributed by atoms with van der Waals surface area (Å²) >= 11 is 0. The Hall–Kier alpha value is -2.68. The molecule has 0 radical (unpaired) electrons. The van der Waals surface area contributed by atoms with Crippen LogP contribution in [0, 0.1) is 0 Å². The molecule has 2 aromatic carbocycles. The quantitative estimate of drug-likeness (QED) is 0.599. The lowest BCUT2D eigenvalue weighted by Crippen LogP contribution is -1.96. The number of unbranched alkanes of at least 4 members (excludes halogenated alkanes) is 1. The van der Waals surface area contributed by atoms with Crippen molar-refractivity contribution >= 4 is 17.8 Å². The van der Waals surface area contributed by atoms with Crippen molar-refractivity contribution in [2.75, 3.05) is 0 Å². The Morgan fingerprint density at radius 2 is 1.57 bits per heavy atom. The van der Waals surface area contributed by atoms with Crippen molar-refractivity contribution in [1.82, 2.24) is 0 Å². The maximum atomic E-state index is 12.1. The molecule has 3 nitrogen and oxygen atoms in total. The van der Waals surface area contributed by atoms with Crippen molar-refractivity contribution in [3.05, 3.63) is 76.9 Å². The van der Waals surface area contributed by atoms with Crippen LogP contribution >= 0.6 is 0 Å². The Balaban J connectivity index is 2.01. The average Bonchev–Trinajstić information content (AvgIpc) is 2.58. The number of carbonyl (C=O) groups is 2. The van der Waals surface area contributed by atoms with E-state index in [0.29, 0.717) is 5.56 Å². The highest BCUT2D eigenvalue weighted by Gasteiger charge is 2.03. The Morgan fingerprint density at radius 3 is 2.13 bits per heavy atom. The topological polar surface area (TPSA) is 54.4 Å². The van der Waals surface area contributed by atoms with Crippen LogP contribution in [0.2, 0.25) is 0 Å². The fraction of sp³-hybridized carbons (Fsp3) is 0.200. The minimum absolute atomic E-state index is 0.0608. The van der Waals surface area contributed by atoms with E-state index in [9.17, 15) is 9.59 Å². The molecule has 0 saturated heterocycles. The second-order valence-electron chi connectivity index (χ2n) is 5.43. The number of aryl methyl sites for hydroxylation is 1. The predicted molar refractivity (Wildman–Crippen MR) is 91.8 cm³/mol. The second-order valence-corrected chi connectivity index (χ2v) is 5.43. The summed E-state index contributed by atoms with van der Waals surface area (Å²) in [6.45, 7) is 2.16. The monoisotopic (exact) mass is 308 g/mol. The van der Waals surface area contributed by atoms with Gasteiger partial charge in [0.15, 0.2) is 5.78 Å². The lowest BCUT2D eigenvalue weighted by molar-refractivity contribution is 0.0696. The first-order valence-electron chi connectivity index (χ1n) is 7.75. The minimum Gasteiger partial charge on any atom is -0.478 e. The fourth-order valence-corrected chi connectivity index (χ4v) is 2.22. The summed E-state index contributed by atoms with van der Waals surface area (Å²) in [5.74, 6) is -1.02. The van der Waals surface area contributed by atoms with Gasteiger partial charge >= 0.3 is 5.97 Å². The van der Waals surface area contributed by atoms with Crippen LogP contribution in [-0.2, 0) is 6.42 Å². The van der Waals surface area contributed by atoms with Crippen molar-refractivity contribution in [1.29, 1.82) is 0 Å². The van der Waals surface area contributed by atoms with Crippen LogP contribution in [0.15, 0.2) is 54.6 Å². The Morgan fingerprint density at radius 1 is 0.957 bits per heavy atom. The van der Waals surface area contributed by atoms with E-state index in [-0.39, 0.29) is 11.3 Å². The molecule has 0 amide bonds. The van der Waals surface area contributed by atoms with E-state index in [2.05, 4.69) is 6.92 Å². The van der Waals surface area contributed by atoms with Crippen molar-refractivity contribution in [2.45, 2.75) is 26.2 Å². The number of rotatable bonds is 7. The van der Waals surface area contributed by atoms with Crippen LogP contribution in [0.3, 0.4) is 0 Å². The third kappa shape index (κ3) is 4.92. The van der Waals surface area contributed by atoms with Crippen molar-refractivity contribution in [3.8, 4) is 0 Å². The first-order valence-corrected chi connectivity index (χ1v) is 7.75. The largest absolute Gasteiger partial charge is 0.478 e. The van der Waals surface area contributed by atoms with E-state index in [1.807, 2.05) is 24.3 Å². The summed E-state index contributed by atoms with van der Waals surface area (Å²) in [5, 5.41) is 8.85. The smallest absolute Gasteiger partial charge is 0.335 e. The summed E-state index contributed by atoms with van der Waals surface area (Å²) in [7, 11) is 0. The molecule has 0 aliphatic heterocycles. The number of benzene rings is 2. The highest BCUT2D eigenvalue weighted by Crippen LogP contribution is 2.11. The summed E-state index contributed by atoms with van der Waals surface area (Å²) in [6.07, 6.45) is 6.55. The van der Waals surface area contributed by atoms with E-state index >= 15 is 0 Å². The Kier molecular flexibility index (Phi) is 5.87. The zero-order valence-electron chi connectivity index (χ0n) is 13.2. The molecule has 0 aliphatic rings. The van der Waals surface area contributed by atoms with Crippen molar-refractivity contribution in [2.24, 2.45) is 0 Å². The molecule has 0 spiro atoms. The first-order chi connectivity index (χ1) is 11.1. The van der Waals surface area contributed by atoms with Gasteiger partial charge in [-0.05, 0) is 42.2 Å². The van der Waals surface area contributed by atoms with Gasteiger partial charge in [0, 0.05) is 5.56 Å². The third-order valence-corrected chi connectivity index (χ3v) is 3.64. The molecule has 0 saturated carbocycles. The molecule has 1 N–H and O–H groups in total. The van der Waals surface area contributed by atoms with Gasteiger partial charge in [0.25, 0.3) is 0 Å². The molecule has 0 aliphatic carbocycles. The molecule has 2 rings (SSSR count). The number of carboxylic acids is 1. The van der Waals surface area contributed by atoms with Gasteiger partial charge in [0.2, 0.25) is 0 Å². The third-order valence-electron chi connectivity index (χ3n) is 3.64. The zero-order chi connectivity index (χ0) is 16.7. The fourth-order valence-electron chi connectivity index (χ4n) is 2.22. The van der Waals surface area contributed by atoms with Gasteiger partial charge in [-0.2, -0.15) is 0 Å². The Bertz CT molecular complexity index is 695. The van der Waals surface area contributed by atoms with Crippen LogP contribution in [-0.4, -0.2) is 16.9 Å². The highest BCUT2D eigenvalue weighted by molar-refractivity contribution is 6.06. The van der Waals surface area contributed by atoms with Gasteiger partial charge in [0.1, 0.15) is 0 Å². The molecule has 0 unspecified atom stereocenters. The van der Waals surface area contributed by atoms with Crippen LogP contribution in [0.5, 0.6) is 0 Å². The van der Waals surface area contributed by atoms with E-state index in [1.54, 1.807) is 18.2 Å². The summed E-state index contributed by atoms with van der Waals surface area (Å²) in [4.78, 5) is 22.9. The maximum absolute atomic E-state index is 12.1. The predicted octanol–water partition coefficient (Wildman–Crippen LogP) is 4.62. The number of hydrogen-bond donors (Lipinski definition) is 1. The van der Waals surface area contributed by atoms with Gasteiger partial charge in [-0.15, -0.1) is 0 Å². The van der Waals surface area contributed by atoms with Crippen LogP contribution in [0.4, 0.5) is 0 Å². The molecule has 0 bridgehead atoms. The van der Waals surface area contributed by atoms with E-state index in [4.69, 9.17) is 5.11 Å². The number of hydrogen-bond acceptors (Lipinski definition) is 2. The van der Waals surface area contributed by atoms with E-state index in [1.165, 1.54) is 23.8 Å². The minimum atomic E-state index is -0.959. The highest BCUT2D eigenvalue weighted by atomic mass is 16.4. The molecule has 0 atom stereocenters. The van der Waals surface area contributed by atoms with E-state index < -0.39 is 5.97 Å². The standard InChI is InChI=1S/C20H20O3/c1-2-3-4-15-5-10-17(11-6-15)19(21)14-9-16-7-12-18(13-8-16)20(22)23/h5-14H,2-4H2,1H3,(H,22,23)/b14-9+. The van der Waals surface area contributed by atoms with Crippen molar-refractivity contribution < 1.29 is 14.7 Å². The average molecular weight is 308 g/mol. The normalized spacial score (nSPS) is 10.8. The summed E-state index contributed by atoms with van der Waals surface area (Å²) in [6, 6.07) is 14.1. The maximum Gasteiger partial charge on any atom is 0.335 e. The number of allylic oxidation sites excluding steroid dienone is 1. The van der Waals surface area contributed by atoms with Gasteiger partial charge in [-0.3, -0.25) is 4.79 Å². The van der Waals surface area contributed by atoms with Gasteiger partial charge < -0.3 is 5.11 Å². The summed E-state index contributed by atoms with van der Waals surface area (Å²) in [5.41, 5.74) is 2.93. The molecular weight excluding hydrogens is 288 g/mol. The first kappa shape index (κ1) is 16.7. The number of carboxylic acid groups (broad SMARTS) is 1. The Labute approximate surface area is 136 Å². The number of aromatic carboxylic acids is 1. The van der Waals surface area contributed by atoms with E-state index in [0.717, 1.165) is 24.8 Å². The number of ketones is 1. The summed E-state index contributed by atoms with van der Waals surface area (Å²) < 4.78 is 0. The number of carbonyl (C=O) groups excluding carboxylic acids is 1. The zero-order valence-corrected chi connectivity index (χ0v) is 13.2. The second kappa shape index (κ2) is 8.08. The molecule has 0 aromatic heterocycles. The molecule has 0 fully saturated rings. The van der Waals surface area contributed by atoms with Crippen LogP contribution in [0.1, 0.15) is 51.6 Å². The molecular formula is C20H20O3. The van der Waals surface area contributed by atoms with Crippen LogP contribution < -0.4 is 0 Å². The van der Waals surface area contributed by atoms with Crippen molar-refractivity contribution in [3.63, 3.8) is 0 Å². The lowest BCUT2D eigenvalue weighted by atomic mass is 10.0. The molecule has 2 aromatic rings.